The van der Waals surface area contributed by atoms with Crippen LogP contribution in [0.15, 0.2) is 47.1 Å². The van der Waals surface area contributed by atoms with Gasteiger partial charge >= 0.3 is 11.9 Å². The first-order valence-corrected chi connectivity index (χ1v) is 9.01. The van der Waals surface area contributed by atoms with E-state index in [1.54, 1.807) is 44.2 Å². The Balaban J connectivity index is 1.94. The van der Waals surface area contributed by atoms with Crippen LogP contribution in [-0.2, 0) is 14.3 Å². The third-order valence-electron chi connectivity index (χ3n) is 4.10. The fourth-order valence-corrected chi connectivity index (χ4v) is 2.75. The summed E-state index contributed by atoms with van der Waals surface area (Å²) in [5, 5.41) is 11.1. The van der Waals surface area contributed by atoms with Crippen molar-refractivity contribution in [2.45, 2.75) is 20.8 Å². The molecule has 1 aliphatic heterocycles. The van der Waals surface area contributed by atoms with Crippen LogP contribution in [0.4, 0.5) is 5.69 Å². The molecule has 0 atom stereocenters. The number of aryl methyl sites for hydroxylation is 1. The maximum absolute atomic E-state index is 12.2. The van der Waals surface area contributed by atoms with E-state index in [0.29, 0.717) is 29.0 Å². The van der Waals surface area contributed by atoms with Gasteiger partial charge in [-0.15, -0.1) is 0 Å². The number of rotatable bonds is 6. The summed E-state index contributed by atoms with van der Waals surface area (Å²) in [7, 11) is 0. The number of benzene rings is 2. The van der Waals surface area contributed by atoms with Crippen molar-refractivity contribution in [1.29, 1.82) is 0 Å². The minimum atomic E-state index is -0.685. The Hall–Kier alpha value is -4.01. The van der Waals surface area contributed by atoms with E-state index in [1.165, 1.54) is 19.1 Å². The molecule has 0 fully saturated rings. The van der Waals surface area contributed by atoms with E-state index in [0.717, 1.165) is 0 Å². The second-order valence-corrected chi connectivity index (χ2v) is 6.33. The number of hydrogen-bond donors (Lipinski definition) is 0. The Morgan fingerprint density at radius 3 is 2.67 bits per heavy atom. The van der Waals surface area contributed by atoms with Crippen LogP contribution in [0.25, 0.3) is 6.08 Å². The zero-order valence-electron chi connectivity index (χ0n) is 16.5. The van der Waals surface area contributed by atoms with Gasteiger partial charge in [-0.3, -0.25) is 14.9 Å². The molecule has 0 saturated carbocycles. The minimum absolute atomic E-state index is 0.0177. The van der Waals surface area contributed by atoms with Gasteiger partial charge in [0.2, 0.25) is 5.90 Å². The van der Waals surface area contributed by atoms with Crippen molar-refractivity contribution < 1.29 is 28.7 Å². The van der Waals surface area contributed by atoms with Gasteiger partial charge in [0, 0.05) is 24.1 Å². The number of ether oxygens (including phenoxy) is 3. The number of carbonyl (C=O) groups excluding carboxylic acids is 2. The summed E-state index contributed by atoms with van der Waals surface area (Å²) in [6.07, 6.45) is 1.48. The van der Waals surface area contributed by atoms with E-state index in [-0.39, 0.29) is 23.0 Å². The van der Waals surface area contributed by atoms with Crippen LogP contribution in [0, 0.1) is 17.0 Å². The van der Waals surface area contributed by atoms with Gasteiger partial charge in [-0.25, -0.2) is 9.79 Å². The number of nitro groups is 1. The summed E-state index contributed by atoms with van der Waals surface area (Å²) in [6.45, 7) is 5.04. The van der Waals surface area contributed by atoms with Gasteiger partial charge in [0.15, 0.2) is 17.2 Å². The number of esters is 2. The molecular weight excluding hydrogens is 392 g/mol. The molecule has 9 heteroatoms. The molecule has 1 heterocycles. The first kappa shape index (κ1) is 20.7. The van der Waals surface area contributed by atoms with E-state index in [9.17, 15) is 19.7 Å². The topological polar surface area (TPSA) is 117 Å². The van der Waals surface area contributed by atoms with Crippen molar-refractivity contribution in [1.82, 2.24) is 0 Å². The second-order valence-electron chi connectivity index (χ2n) is 6.33. The molecule has 30 heavy (non-hydrogen) atoms. The van der Waals surface area contributed by atoms with Crippen LogP contribution in [0.2, 0.25) is 0 Å². The van der Waals surface area contributed by atoms with E-state index >= 15 is 0 Å². The van der Waals surface area contributed by atoms with Gasteiger partial charge in [0.1, 0.15) is 0 Å². The Labute approximate surface area is 171 Å². The summed E-state index contributed by atoms with van der Waals surface area (Å²) in [6, 6.07) is 9.25. The lowest BCUT2D eigenvalue weighted by Crippen LogP contribution is -2.06. The molecule has 0 amide bonds. The number of nitrogens with zero attached hydrogens (tertiary/aromatic N) is 2. The van der Waals surface area contributed by atoms with Crippen LogP contribution in [-0.4, -0.2) is 29.4 Å². The monoisotopic (exact) mass is 410 g/mol. The number of carbonyl (C=O) groups is 2. The standard InChI is InChI=1S/C21H18N2O7/c1-4-28-19-10-14(6-8-18(19)29-13(3)24)9-16-21(25)30-20(22-16)15-7-5-12(2)17(11-15)23(26)27/h5-11H,4H2,1-3H3. The maximum Gasteiger partial charge on any atom is 0.363 e. The molecule has 1 aliphatic rings. The summed E-state index contributed by atoms with van der Waals surface area (Å²) in [5.74, 6) is -0.586. The van der Waals surface area contributed by atoms with Gasteiger partial charge in [0.05, 0.1) is 11.5 Å². The van der Waals surface area contributed by atoms with E-state index in [1.807, 2.05) is 0 Å². The van der Waals surface area contributed by atoms with Crippen molar-refractivity contribution in [2.75, 3.05) is 6.61 Å². The fraction of sp³-hybridized carbons (Fsp3) is 0.190. The highest BCUT2D eigenvalue weighted by atomic mass is 16.6. The summed E-state index contributed by atoms with van der Waals surface area (Å²) in [4.78, 5) is 38.3. The van der Waals surface area contributed by atoms with Gasteiger partial charge in [-0.05, 0) is 43.7 Å². The molecule has 3 rings (SSSR count). The Morgan fingerprint density at radius 1 is 1.23 bits per heavy atom. The number of hydrogen-bond acceptors (Lipinski definition) is 8. The van der Waals surface area contributed by atoms with Gasteiger partial charge in [-0.2, -0.15) is 0 Å². The molecule has 0 saturated heterocycles. The van der Waals surface area contributed by atoms with E-state index in [4.69, 9.17) is 14.2 Å². The molecule has 0 N–H and O–H groups in total. The highest BCUT2D eigenvalue weighted by Gasteiger charge is 2.26. The Bertz CT molecular complexity index is 1100. The van der Waals surface area contributed by atoms with Crippen LogP contribution in [0.5, 0.6) is 11.5 Å². The second kappa shape index (κ2) is 8.56. The molecule has 0 unspecified atom stereocenters. The highest BCUT2D eigenvalue weighted by Crippen LogP contribution is 2.30. The van der Waals surface area contributed by atoms with Gasteiger partial charge in [0.25, 0.3) is 5.69 Å². The van der Waals surface area contributed by atoms with E-state index in [2.05, 4.69) is 4.99 Å². The van der Waals surface area contributed by atoms with Crippen LogP contribution in [0.3, 0.4) is 0 Å². The molecule has 0 spiro atoms. The Kier molecular flexibility index (Phi) is 5.91. The molecule has 154 valence electrons. The Morgan fingerprint density at radius 2 is 2.00 bits per heavy atom. The molecule has 0 radical (unpaired) electrons. The number of aliphatic imine (C=N–C) groups is 1. The predicted octanol–water partition coefficient (Wildman–Crippen LogP) is 3.57. The largest absolute Gasteiger partial charge is 0.490 e. The van der Waals surface area contributed by atoms with Crippen molar-refractivity contribution in [3.8, 4) is 11.5 Å². The van der Waals surface area contributed by atoms with Crippen molar-refractivity contribution in [3.63, 3.8) is 0 Å². The molecule has 0 aromatic heterocycles. The average Bonchev–Trinajstić information content (AvgIpc) is 3.04. The summed E-state index contributed by atoms with van der Waals surface area (Å²) < 4.78 is 15.8. The van der Waals surface area contributed by atoms with Crippen LogP contribution >= 0.6 is 0 Å². The van der Waals surface area contributed by atoms with Crippen molar-refractivity contribution >= 4 is 29.6 Å². The molecular formula is C21H18N2O7. The third kappa shape index (κ3) is 4.52. The molecule has 9 nitrogen and oxygen atoms in total. The normalized spacial score (nSPS) is 14.3. The lowest BCUT2D eigenvalue weighted by atomic mass is 10.1. The number of cyclic esters (lactones) is 1. The molecule has 0 bridgehead atoms. The maximum atomic E-state index is 12.2. The summed E-state index contributed by atoms with van der Waals surface area (Å²) in [5.41, 5.74) is 1.31. The first-order valence-electron chi connectivity index (χ1n) is 9.01. The highest BCUT2D eigenvalue weighted by molar-refractivity contribution is 6.13. The zero-order valence-corrected chi connectivity index (χ0v) is 16.5. The smallest absolute Gasteiger partial charge is 0.363 e. The minimum Gasteiger partial charge on any atom is -0.490 e. The SMILES string of the molecule is CCOc1cc(C=C2N=C(c3ccc(C)c([N+](=O)[O-])c3)OC2=O)ccc1OC(C)=O. The lowest BCUT2D eigenvalue weighted by Gasteiger charge is -2.10. The molecule has 0 aliphatic carbocycles. The first-order chi connectivity index (χ1) is 14.3. The quantitative estimate of drug-likeness (QED) is 0.235. The van der Waals surface area contributed by atoms with E-state index < -0.39 is 16.9 Å². The van der Waals surface area contributed by atoms with Crippen molar-refractivity contribution in [3.05, 3.63) is 68.9 Å². The predicted molar refractivity (Wildman–Crippen MR) is 107 cm³/mol. The lowest BCUT2D eigenvalue weighted by molar-refractivity contribution is -0.385. The number of nitro benzene ring substituents is 1. The molecule has 2 aromatic carbocycles. The molecule has 2 aromatic rings. The fourth-order valence-electron chi connectivity index (χ4n) is 2.75. The average molecular weight is 410 g/mol. The zero-order chi connectivity index (χ0) is 21.8. The third-order valence-corrected chi connectivity index (χ3v) is 4.10. The van der Waals surface area contributed by atoms with Crippen LogP contribution < -0.4 is 9.47 Å². The van der Waals surface area contributed by atoms with Crippen molar-refractivity contribution in [2.24, 2.45) is 4.99 Å². The summed E-state index contributed by atoms with van der Waals surface area (Å²) >= 11 is 0. The van der Waals surface area contributed by atoms with Gasteiger partial charge in [-0.1, -0.05) is 12.1 Å². The van der Waals surface area contributed by atoms with Gasteiger partial charge < -0.3 is 14.2 Å². The van der Waals surface area contributed by atoms with Crippen LogP contribution in [0.1, 0.15) is 30.5 Å².